The molecule has 2 aromatic carbocycles. The van der Waals surface area contributed by atoms with Crippen molar-refractivity contribution in [3.05, 3.63) is 71.8 Å². The van der Waals surface area contributed by atoms with E-state index >= 15 is 0 Å². The monoisotopic (exact) mass is 412 g/mol. The van der Waals surface area contributed by atoms with Gasteiger partial charge in [0.15, 0.2) is 6.29 Å². The smallest absolute Gasteiger partial charge is 0.308 e. The predicted molar refractivity (Wildman–Crippen MR) is 115 cm³/mol. The summed E-state index contributed by atoms with van der Waals surface area (Å²) in [5.74, 6) is -0.0667. The van der Waals surface area contributed by atoms with E-state index in [9.17, 15) is 4.79 Å². The fourth-order valence-electron chi connectivity index (χ4n) is 3.86. The van der Waals surface area contributed by atoms with Crippen LogP contribution in [0.2, 0.25) is 0 Å². The zero-order chi connectivity index (χ0) is 21.3. The third-order valence-electron chi connectivity index (χ3n) is 5.48. The van der Waals surface area contributed by atoms with Crippen molar-refractivity contribution in [1.29, 1.82) is 0 Å². The van der Waals surface area contributed by atoms with Gasteiger partial charge in [-0.05, 0) is 12.5 Å². The van der Waals surface area contributed by atoms with Gasteiger partial charge >= 0.3 is 5.97 Å². The number of rotatable bonds is 9. The quantitative estimate of drug-likeness (QED) is 0.548. The van der Waals surface area contributed by atoms with Crippen molar-refractivity contribution < 1.29 is 23.7 Å². The zero-order valence-corrected chi connectivity index (χ0v) is 18.0. The summed E-state index contributed by atoms with van der Waals surface area (Å²) in [4.78, 5) is 12.1. The lowest BCUT2D eigenvalue weighted by atomic mass is 9.86. The second-order valence-electron chi connectivity index (χ2n) is 7.86. The number of benzene rings is 2. The molecule has 0 aromatic heterocycles. The molecular weight excluding hydrogens is 380 g/mol. The first-order chi connectivity index (χ1) is 14.6. The van der Waals surface area contributed by atoms with E-state index in [1.165, 1.54) is 0 Å². The van der Waals surface area contributed by atoms with Gasteiger partial charge in [-0.25, -0.2) is 0 Å². The second-order valence-corrected chi connectivity index (χ2v) is 7.86. The minimum atomic E-state index is -0.511. The molecular formula is C25H32O5. The van der Waals surface area contributed by atoms with Gasteiger partial charge in [0.05, 0.1) is 38.4 Å². The van der Waals surface area contributed by atoms with E-state index in [0.29, 0.717) is 19.8 Å². The van der Waals surface area contributed by atoms with Gasteiger partial charge in [-0.15, -0.1) is 0 Å². The number of carbonyl (C=O) groups is 1. The first-order valence-corrected chi connectivity index (χ1v) is 10.7. The molecule has 0 spiro atoms. The molecule has 5 nitrogen and oxygen atoms in total. The molecule has 0 radical (unpaired) electrons. The van der Waals surface area contributed by atoms with E-state index in [1.807, 2.05) is 55.5 Å². The lowest BCUT2D eigenvalue weighted by molar-refractivity contribution is -0.283. The van der Waals surface area contributed by atoms with E-state index in [4.69, 9.17) is 18.9 Å². The van der Waals surface area contributed by atoms with E-state index in [-0.39, 0.29) is 36.4 Å². The van der Waals surface area contributed by atoms with Crippen LogP contribution in [0.25, 0.3) is 0 Å². The molecule has 2 aromatic rings. The predicted octanol–water partition coefficient (Wildman–Crippen LogP) is 4.91. The van der Waals surface area contributed by atoms with Gasteiger partial charge < -0.3 is 18.9 Å². The Labute approximate surface area is 179 Å². The minimum Gasteiger partial charge on any atom is -0.466 e. The summed E-state index contributed by atoms with van der Waals surface area (Å²) in [6.45, 7) is 7.51. The van der Waals surface area contributed by atoms with Gasteiger partial charge in [0.1, 0.15) is 0 Å². The van der Waals surface area contributed by atoms with E-state index in [1.54, 1.807) is 0 Å². The summed E-state index contributed by atoms with van der Waals surface area (Å²) < 4.78 is 23.7. The Balaban J connectivity index is 1.67. The molecule has 1 heterocycles. The Morgan fingerprint density at radius 3 is 2.37 bits per heavy atom. The average molecular weight is 413 g/mol. The summed E-state index contributed by atoms with van der Waals surface area (Å²) >= 11 is 0. The molecule has 1 fully saturated rings. The van der Waals surface area contributed by atoms with Crippen molar-refractivity contribution in [3.8, 4) is 0 Å². The maximum Gasteiger partial charge on any atom is 0.308 e. The zero-order valence-electron chi connectivity index (χ0n) is 18.0. The van der Waals surface area contributed by atoms with Gasteiger partial charge in [-0.2, -0.15) is 0 Å². The van der Waals surface area contributed by atoms with Gasteiger partial charge in [-0.1, -0.05) is 74.5 Å². The van der Waals surface area contributed by atoms with E-state index in [0.717, 1.165) is 11.1 Å². The Morgan fingerprint density at radius 2 is 1.70 bits per heavy atom. The Morgan fingerprint density at radius 1 is 1.03 bits per heavy atom. The molecule has 0 saturated carbocycles. The Kier molecular flexibility index (Phi) is 8.43. The van der Waals surface area contributed by atoms with Crippen LogP contribution in [-0.4, -0.2) is 31.4 Å². The van der Waals surface area contributed by atoms with Crippen LogP contribution >= 0.6 is 0 Å². The number of carbonyl (C=O) groups excluding carboxylic acids is 1. The largest absolute Gasteiger partial charge is 0.466 e. The van der Waals surface area contributed by atoms with Gasteiger partial charge in [-0.3, -0.25) is 4.79 Å². The van der Waals surface area contributed by atoms with Crippen molar-refractivity contribution in [2.75, 3.05) is 13.2 Å². The first-order valence-electron chi connectivity index (χ1n) is 10.7. The lowest BCUT2D eigenvalue weighted by Crippen LogP contribution is -2.46. The van der Waals surface area contributed by atoms with Crippen molar-refractivity contribution in [2.24, 2.45) is 11.8 Å². The lowest BCUT2D eigenvalue weighted by Gasteiger charge is -2.43. The van der Waals surface area contributed by atoms with Crippen LogP contribution in [0, 0.1) is 11.8 Å². The fourth-order valence-corrected chi connectivity index (χ4v) is 3.86. The van der Waals surface area contributed by atoms with Crippen LogP contribution in [0.4, 0.5) is 0 Å². The maximum atomic E-state index is 12.1. The highest BCUT2D eigenvalue weighted by atomic mass is 16.7. The summed E-state index contributed by atoms with van der Waals surface area (Å²) in [5, 5.41) is 0. The topological polar surface area (TPSA) is 54.0 Å². The molecule has 1 aliphatic heterocycles. The number of hydrogen-bond acceptors (Lipinski definition) is 5. The standard InChI is InChI=1S/C25H32O5/c1-4-28-23(26)15-22-19(3)24(30-25(29-22)21-13-9-6-10-14-21)18(2)16-27-17-20-11-7-5-8-12-20/h5-14,18-19,22,24-25H,4,15-17H2,1-3H3/t18-,19-,22+,24-,25?/m0/s1. The molecule has 0 aliphatic carbocycles. The van der Waals surface area contributed by atoms with Gasteiger partial charge in [0.2, 0.25) is 0 Å². The van der Waals surface area contributed by atoms with E-state index < -0.39 is 6.29 Å². The summed E-state index contributed by atoms with van der Waals surface area (Å²) in [7, 11) is 0. The Hall–Kier alpha value is -2.21. The van der Waals surface area contributed by atoms with Crippen LogP contribution in [0.15, 0.2) is 60.7 Å². The van der Waals surface area contributed by atoms with Crippen molar-refractivity contribution in [1.82, 2.24) is 0 Å². The molecule has 0 bridgehead atoms. The molecule has 1 saturated heterocycles. The Bertz CT molecular complexity index is 764. The number of hydrogen-bond donors (Lipinski definition) is 0. The molecule has 0 amide bonds. The number of esters is 1. The molecule has 5 atom stereocenters. The summed E-state index contributed by atoms with van der Waals surface area (Å²) in [5.41, 5.74) is 2.09. The van der Waals surface area contributed by atoms with Crippen LogP contribution in [0.5, 0.6) is 0 Å². The molecule has 0 N–H and O–H groups in total. The molecule has 1 unspecified atom stereocenters. The second kappa shape index (κ2) is 11.3. The van der Waals surface area contributed by atoms with Crippen LogP contribution in [0.3, 0.4) is 0 Å². The third kappa shape index (κ3) is 6.14. The van der Waals surface area contributed by atoms with Gasteiger partial charge in [0.25, 0.3) is 0 Å². The van der Waals surface area contributed by atoms with Crippen molar-refractivity contribution in [3.63, 3.8) is 0 Å². The number of ether oxygens (including phenoxy) is 4. The fraction of sp³-hybridized carbons (Fsp3) is 0.480. The molecule has 5 heteroatoms. The first kappa shape index (κ1) is 22.5. The summed E-state index contributed by atoms with van der Waals surface area (Å²) in [6.07, 6.45) is -0.664. The minimum absolute atomic E-state index is 0.0321. The molecule has 1 aliphatic rings. The van der Waals surface area contributed by atoms with Gasteiger partial charge in [0, 0.05) is 17.4 Å². The molecule has 162 valence electrons. The molecule has 30 heavy (non-hydrogen) atoms. The molecule has 3 rings (SSSR count). The third-order valence-corrected chi connectivity index (χ3v) is 5.48. The van der Waals surface area contributed by atoms with Crippen LogP contribution in [-0.2, 0) is 30.3 Å². The normalized spacial score (nSPS) is 24.9. The average Bonchev–Trinajstić information content (AvgIpc) is 2.76. The SMILES string of the molecule is CCOC(=O)C[C@H]1OC(c2ccccc2)O[C@@H]([C@@H](C)COCc2ccccc2)[C@H]1C. The highest BCUT2D eigenvalue weighted by Gasteiger charge is 2.41. The van der Waals surface area contributed by atoms with Crippen LogP contribution < -0.4 is 0 Å². The van der Waals surface area contributed by atoms with Crippen molar-refractivity contribution in [2.45, 2.75) is 52.3 Å². The van der Waals surface area contributed by atoms with E-state index in [2.05, 4.69) is 26.0 Å². The highest BCUT2D eigenvalue weighted by Crippen LogP contribution is 2.37. The maximum absolute atomic E-state index is 12.1. The highest BCUT2D eigenvalue weighted by molar-refractivity contribution is 5.70. The van der Waals surface area contributed by atoms with Crippen molar-refractivity contribution >= 4 is 5.97 Å². The van der Waals surface area contributed by atoms with Crippen LogP contribution in [0.1, 0.15) is 44.6 Å². The summed E-state index contributed by atoms with van der Waals surface area (Å²) in [6, 6.07) is 20.0.